The summed E-state index contributed by atoms with van der Waals surface area (Å²) >= 11 is 0. The van der Waals surface area contributed by atoms with Crippen LogP contribution in [0.3, 0.4) is 0 Å². The summed E-state index contributed by atoms with van der Waals surface area (Å²) < 4.78 is 5.47. The number of carbonyl (C=O) groups is 3. The molecule has 23 heavy (non-hydrogen) atoms. The number of aryl methyl sites for hydroxylation is 2. The van der Waals surface area contributed by atoms with Gasteiger partial charge in [0.1, 0.15) is 23.6 Å². The fourth-order valence-corrected chi connectivity index (χ4v) is 2.96. The second-order valence-electron chi connectivity index (χ2n) is 5.84. The molecule has 1 fully saturated rings. The lowest BCUT2D eigenvalue weighted by atomic mass is 9.92. The molecule has 0 spiro atoms. The smallest absolute Gasteiger partial charge is 0.325 e. The van der Waals surface area contributed by atoms with Crippen molar-refractivity contribution in [3.05, 3.63) is 23.2 Å². The molecule has 1 aliphatic rings. The SMILES string of the molecule is CCN(CC)C(=O)CN1C(=O)NC(C)(c2cc(C)oc2C)C1=O. The minimum Gasteiger partial charge on any atom is -0.466 e. The van der Waals surface area contributed by atoms with E-state index in [4.69, 9.17) is 4.42 Å². The van der Waals surface area contributed by atoms with Gasteiger partial charge < -0.3 is 14.6 Å². The van der Waals surface area contributed by atoms with Crippen molar-refractivity contribution in [1.29, 1.82) is 0 Å². The van der Waals surface area contributed by atoms with Crippen molar-refractivity contribution in [3.8, 4) is 0 Å². The van der Waals surface area contributed by atoms with Crippen LogP contribution in [0.5, 0.6) is 0 Å². The number of nitrogens with zero attached hydrogens (tertiary/aromatic N) is 2. The van der Waals surface area contributed by atoms with Crippen LogP contribution in [0.2, 0.25) is 0 Å². The van der Waals surface area contributed by atoms with E-state index < -0.39 is 17.5 Å². The molecule has 2 heterocycles. The molecule has 0 bridgehead atoms. The van der Waals surface area contributed by atoms with Gasteiger partial charge in [-0.05, 0) is 40.7 Å². The molecule has 1 aromatic rings. The summed E-state index contributed by atoms with van der Waals surface area (Å²) in [6, 6.07) is 1.18. The standard InChI is InChI=1S/C16H23N3O4/c1-6-18(7-2)13(20)9-19-14(21)16(5,17-15(19)22)12-8-10(3)23-11(12)4/h8H,6-7,9H2,1-5H3,(H,17,22). The monoisotopic (exact) mass is 321 g/mol. The van der Waals surface area contributed by atoms with Crippen LogP contribution >= 0.6 is 0 Å². The molecular formula is C16H23N3O4. The van der Waals surface area contributed by atoms with Crippen molar-refractivity contribution in [2.45, 2.75) is 40.2 Å². The van der Waals surface area contributed by atoms with Crippen molar-refractivity contribution >= 4 is 17.8 Å². The summed E-state index contributed by atoms with van der Waals surface area (Å²) in [6.07, 6.45) is 0. The summed E-state index contributed by atoms with van der Waals surface area (Å²) in [5.74, 6) is 0.559. The summed E-state index contributed by atoms with van der Waals surface area (Å²) in [6.45, 7) is 9.69. The van der Waals surface area contributed by atoms with Crippen molar-refractivity contribution in [1.82, 2.24) is 15.1 Å². The molecule has 7 heteroatoms. The van der Waals surface area contributed by atoms with E-state index in [1.54, 1.807) is 31.7 Å². The van der Waals surface area contributed by atoms with Gasteiger partial charge >= 0.3 is 6.03 Å². The Morgan fingerprint density at radius 3 is 2.39 bits per heavy atom. The molecule has 0 aliphatic carbocycles. The third-order valence-electron chi connectivity index (χ3n) is 4.26. The third kappa shape index (κ3) is 2.83. The van der Waals surface area contributed by atoms with Gasteiger partial charge in [-0.25, -0.2) is 4.79 Å². The minimum atomic E-state index is -1.21. The van der Waals surface area contributed by atoms with Crippen molar-refractivity contribution in [2.75, 3.05) is 19.6 Å². The zero-order valence-electron chi connectivity index (χ0n) is 14.2. The minimum absolute atomic E-state index is 0.247. The van der Waals surface area contributed by atoms with Gasteiger partial charge in [-0.3, -0.25) is 14.5 Å². The summed E-state index contributed by atoms with van der Waals surface area (Å²) in [5, 5.41) is 2.69. The van der Waals surface area contributed by atoms with E-state index in [1.807, 2.05) is 13.8 Å². The topological polar surface area (TPSA) is 82.9 Å². The quantitative estimate of drug-likeness (QED) is 0.834. The molecule has 2 rings (SSSR count). The highest BCUT2D eigenvalue weighted by molar-refractivity contribution is 6.09. The number of furan rings is 1. The van der Waals surface area contributed by atoms with E-state index in [-0.39, 0.29) is 12.5 Å². The van der Waals surface area contributed by atoms with Crippen molar-refractivity contribution in [3.63, 3.8) is 0 Å². The van der Waals surface area contributed by atoms with Gasteiger partial charge in [0, 0.05) is 18.7 Å². The Labute approximate surface area is 135 Å². The fourth-order valence-electron chi connectivity index (χ4n) is 2.96. The van der Waals surface area contributed by atoms with Crippen LogP contribution in [0.15, 0.2) is 10.5 Å². The first-order chi connectivity index (χ1) is 10.7. The molecule has 1 aromatic heterocycles. The first kappa shape index (κ1) is 17.1. The Kier molecular flexibility index (Phi) is 4.49. The molecule has 1 N–H and O–H groups in total. The Bertz CT molecular complexity index is 648. The average Bonchev–Trinajstić information content (AvgIpc) is 2.93. The molecular weight excluding hydrogens is 298 g/mol. The maximum Gasteiger partial charge on any atom is 0.325 e. The molecule has 1 atom stereocenters. The van der Waals surface area contributed by atoms with E-state index in [0.29, 0.717) is 30.2 Å². The number of likely N-dealkylation sites (N-methyl/N-ethyl adjacent to an activating group) is 1. The van der Waals surface area contributed by atoms with Crippen molar-refractivity contribution in [2.24, 2.45) is 0 Å². The zero-order chi connectivity index (χ0) is 17.4. The fraction of sp³-hybridized carbons (Fsp3) is 0.562. The van der Waals surface area contributed by atoms with Crippen LogP contribution in [0.1, 0.15) is 37.9 Å². The van der Waals surface area contributed by atoms with Crippen molar-refractivity contribution < 1.29 is 18.8 Å². The Hall–Kier alpha value is -2.31. The molecule has 7 nitrogen and oxygen atoms in total. The number of amides is 4. The molecule has 4 amide bonds. The van der Waals surface area contributed by atoms with Crippen LogP contribution in [0.4, 0.5) is 4.79 Å². The lowest BCUT2D eigenvalue weighted by Crippen LogP contribution is -2.44. The predicted molar refractivity (Wildman–Crippen MR) is 83.7 cm³/mol. The van der Waals surface area contributed by atoms with E-state index in [2.05, 4.69) is 5.32 Å². The maximum atomic E-state index is 12.8. The van der Waals surface area contributed by atoms with Gasteiger partial charge in [-0.2, -0.15) is 0 Å². The zero-order valence-corrected chi connectivity index (χ0v) is 14.2. The predicted octanol–water partition coefficient (Wildman–Crippen LogP) is 1.53. The van der Waals surface area contributed by atoms with Gasteiger partial charge in [-0.15, -0.1) is 0 Å². The summed E-state index contributed by atoms with van der Waals surface area (Å²) in [5.41, 5.74) is -0.589. The van der Waals surface area contributed by atoms with Gasteiger partial charge in [0.25, 0.3) is 5.91 Å². The number of rotatable bonds is 5. The summed E-state index contributed by atoms with van der Waals surface area (Å²) in [7, 11) is 0. The number of hydrogen-bond acceptors (Lipinski definition) is 4. The Balaban J connectivity index is 2.26. The lowest BCUT2D eigenvalue weighted by molar-refractivity contribution is -0.138. The molecule has 126 valence electrons. The van der Waals surface area contributed by atoms with Crippen LogP contribution in [-0.4, -0.2) is 47.3 Å². The maximum absolute atomic E-state index is 12.8. The molecule has 1 aliphatic heterocycles. The van der Waals surface area contributed by atoms with E-state index >= 15 is 0 Å². The third-order valence-corrected chi connectivity index (χ3v) is 4.26. The average molecular weight is 321 g/mol. The Morgan fingerprint density at radius 2 is 1.91 bits per heavy atom. The Morgan fingerprint density at radius 1 is 1.30 bits per heavy atom. The number of nitrogens with one attached hydrogen (secondary N) is 1. The summed E-state index contributed by atoms with van der Waals surface area (Å²) in [4.78, 5) is 39.7. The molecule has 0 aromatic carbocycles. The van der Waals surface area contributed by atoms with Gasteiger partial charge in [0.2, 0.25) is 5.91 Å². The van der Waals surface area contributed by atoms with Gasteiger partial charge in [-0.1, -0.05) is 0 Å². The molecule has 1 saturated heterocycles. The highest BCUT2D eigenvalue weighted by Gasteiger charge is 2.51. The molecule has 0 radical (unpaired) electrons. The largest absolute Gasteiger partial charge is 0.466 e. The van der Waals surface area contributed by atoms with Gasteiger partial charge in [0.15, 0.2) is 0 Å². The van der Waals surface area contributed by atoms with E-state index in [1.165, 1.54) is 0 Å². The first-order valence-electron chi connectivity index (χ1n) is 7.74. The highest BCUT2D eigenvalue weighted by Crippen LogP contribution is 2.32. The van der Waals surface area contributed by atoms with Crippen LogP contribution in [0.25, 0.3) is 0 Å². The normalized spacial score (nSPS) is 20.8. The van der Waals surface area contributed by atoms with E-state index in [9.17, 15) is 14.4 Å². The second-order valence-corrected chi connectivity index (χ2v) is 5.84. The second kappa shape index (κ2) is 6.06. The van der Waals surface area contributed by atoms with Gasteiger partial charge in [0.05, 0.1) is 0 Å². The van der Waals surface area contributed by atoms with Crippen LogP contribution in [-0.2, 0) is 15.1 Å². The molecule has 0 saturated carbocycles. The molecule has 1 unspecified atom stereocenters. The highest BCUT2D eigenvalue weighted by atomic mass is 16.3. The first-order valence-corrected chi connectivity index (χ1v) is 7.74. The number of hydrogen-bond donors (Lipinski definition) is 1. The van der Waals surface area contributed by atoms with Crippen LogP contribution < -0.4 is 5.32 Å². The lowest BCUT2D eigenvalue weighted by Gasteiger charge is -2.23. The van der Waals surface area contributed by atoms with E-state index in [0.717, 1.165) is 4.90 Å². The number of urea groups is 1. The van der Waals surface area contributed by atoms with Crippen LogP contribution in [0, 0.1) is 13.8 Å². The number of imide groups is 1. The number of carbonyl (C=O) groups excluding carboxylic acids is 3.